The summed E-state index contributed by atoms with van der Waals surface area (Å²) in [4.78, 5) is 5.55. The molecule has 2 heterocycles. The van der Waals surface area contributed by atoms with Crippen LogP contribution in [0.3, 0.4) is 0 Å². The van der Waals surface area contributed by atoms with Crippen molar-refractivity contribution < 1.29 is 0 Å². The molecule has 0 amide bonds. The Balaban J connectivity index is 2.45. The number of rotatable bonds is 3. The predicted octanol–water partition coefficient (Wildman–Crippen LogP) is 1.89. The summed E-state index contributed by atoms with van der Waals surface area (Å²) in [5.41, 5.74) is 6.06. The van der Waals surface area contributed by atoms with Crippen LogP contribution in [-0.2, 0) is 0 Å². The summed E-state index contributed by atoms with van der Waals surface area (Å²) in [5, 5.41) is 6.48. The Bertz CT molecular complexity index is 458. The van der Waals surface area contributed by atoms with E-state index in [1.165, 1.54) is 4.88 Å². The van der Waals surface area contributed by atoms with Crippen LogP contribution in [-0.4, -0.2) is 20.8 Å². The summed E-state index contributed by atoms with van der Waals surface area (Å²) in [5.74, 6) is 1.70. The summed E-state index contributed by atoms with van der Waals surface area (Å²) < 4.78 is 1.92. The van der Waals surface area contributed by atoms with E-state index in [1.54, 1.807) is 11.3 Å². The van der Waals surface area contributed by atoms with Gasteiger partial charge in [0, 0.05) is 10.9 Å². The highest BCUT2D eigenvalue weighted by Crippen LogP contribution is 2.25. The van der Waals surface area contributed by atoms with Crippen LogP contribution in [0.5, 0.6) is 0 Å². The van der Waals surface area contributed by atoms with Crippen LogP contribution >= 0.6 is 11.3 Å². The monoisotopic (exact) mass is 236 g/mol. The highest BCUT2D eigenvalue weighted by Gasteiger charge is 2.22. The van der Waals surface area contributed by atoms with Crippen molar-refractivity contribution in [2.24, 2.45) is 5.73 Å². The topological polar surface area (TPSA) is 56.7 Å². The van der Waals surface area contributed by atoms with Crippen molar-refractivity contribution in [3.05, 3.63) is 34.0 Å². The maximum atomic E-state index is 6.06. The van der Waals surface area contributed by atoms with E-state index in [0.717, 1.165) is 11.6 Å². The normalized spacial score (nSPS) is 15.0. The molecule has 0 saturated heterocycles. The van der Waals surface area contributed by atoms with Gasteiger partial charge in [0.15, 0.2) is 0 Å². The number of nitrogens with zero attached hydrogens (tertiary/aromatic N) is 3. The molecule has 16 heavy (non-hydrogen) atoms. The van der Waals surface area contributed by atoms with Crippen molar-refractivity contribution in [3.8, 4) is 0 Å². The fourth-order valence-corrected chi connectivity index (χ4v) is 2.79. The molecule has 0 aromatic carbocycles. The highest BCUT2D eigenvalue weighted by molar-refractivity contribution is 7.10. The summed E-state index contributed by atoms with van der Waals surface area (Å²) >= 11 is 1.70. The van der Waals surface area contributed by atoms with Gasteiger partial charge in [-0.2, -0.15) is 5.10 Å². The van der Waals surface area contributed by atoms with Crippen molar-refractivity contribution in [2.45, 2.75) is 32.9 Å². The molecule has 86 valence electrons. The van der Waals surface area contributed by atoms with E-state index < -0.39 is 0 Å². The predicted molar refractivity (Wildman–Crippen MR) is 65.6 cm³/mol. The first kappa shape index (κ1) is 11.3. The van der Waals surface area contributed by atoms with Gasteiger partial charge in [-0.3, -0.25) is 0 Å². The van der Waals surface area contributed by atoms with Gasteiger partial charge in [0.05, 0.1) is 0 Å². The molecule has 0 spiro atoms. The molecule has 0 aliphatic rings. The van der Waals surface area contributed by atoms with Crippen LogP contribution in [0.4, 0.5) is 0 Å². The van der Waals surface area contributed by atoms with E-state index in [2.05, 4.69) is 21.5 Å². The van der Waals surface area contributed by atoms with Crippen LogP contribution in [0.25, 0.3) is 0 Å². The number of aromatic nitrogens is 3. The van der Waals surface area contributed by atoms with Crippen molar-refractivity contribution >= 4 is 11.3 Å². The largest absolute Gasteiger partial charge is 0.326 e. The minimum absolute atomic E-state index is 0.0125. The Kier molecular flexibility index (Phi) is 3.07. The Morgan fingerprint density at radius 1 is 1.44 bits per heavy atom. The molecule has 2 unspecified atom stereocenters. The van der Waals surface area contributed by atoms with Gasteiger partial charge in [0.25, 0.3) is 0 Å². The first-order chi connectivity index (χ1) is 7.59. The molecule has 2 aromatic heterocycles. The van der Waals surface area contributed by atoms with E-state index in [-0.39, 0.29) is 12.1 Å². The van der Waals surface area contributed by atoms with E-state index in [4.69, 9.17) is 5.73 Å². The number of hydrogen-bond acceptors (Lipinski definition) is 4. The lowest BCUT2D eigenvalue weighted by molar-refractivity contribution is 0.448. The molecule has 0 radical (unpaired) electrons. The molecule has 2 N–H and O–H groups in total. The molecule has 0 bridgehead atoms. The first-order valence-corrected chi connectivity index (χ1v) is 6.16. The maximum absolute atomic E-state index is 6.06. The highest BCUT2D eigenvalue weighted by atomic mass is 32.1. The number of thiophene rings is 1. The molecule has 0 saturated carbocycles. The number of nitrogens with two attached hydrogens (primary N) is 1. The molecular formula is C11H16N4S. The lowest BCUT2D eigenvalue weighted by atomic mass is 10.1. The minimum Gasteiger partial charge on any atom is -0.326 e. The molecule has 0 fully saturated rings. The first-order valence-electron chi connectivity index (χ1n) is 5.28. The van der Waals surface area contributed by atoms with Crippen molar-refractivity contribution in [2.75, 3.05) is 0 Å². The van der Waals surface area contributed by atoms with Gasteiger partial charge in [-0.25, -0.2) is 9.67 Å². The lowest BCUT2D eigenvalue weighted by Gasteiger charge is -2.20. The quantitative estimate of drug-likeness (QED) is 0.885. The molecule has 2 atom stereocenters. The fraction of sp³-hybridized carbons (Fsp3) is 0.455. The SMILES string of the molecule is Cc1nc(C)n(C(c2cccs2)C(C)N)n1. The van der Waals surface area contributed by atoms with E-state index in [0.29, 0.717) is 0 Å². The Morgan fingerprint density at radius 3 is 2.62 bits per heavy atom. The van der Waals surface area contributed by atoms with Crippen molar-refractivity contribution in [1.29, 1.82) is 0 Å². The second-order valence-electron chi connectivity index (χ2n) is 3.97. The maximum Gasteiger partial charge on any atom is 0.147 e. The van der Waals surface area contributed by atoms with E-state index in [1.807, 2.05) is 31.5 Å². The molecule has 4 nitrogen and oxygen atoms in total. The van der Waals surface area contributed by atoms with Crippen LogP contribution < -0.4 is 5.73 Å². The van der Waals surface area contributed by atoms with Crippen LogP contribution in [0.2, 0.25) is 0 Å². The number of hydrogen-bond donors (Lipinski definition) is 1. The molecule has 5 heteroatoms. The molecule has 0 aliphatic carbocycles. The van der Waals surface area contributed by atoms with Gasteiger partial charge >= 0.3 is 0 Å². The summed E-state index contributed by atoms with van der Waals surface area (Å²) in [6.45, 7) is 5.86. The third-order valence-corrected chi connectivity index (χ3v) is 3.45. The van der Waals surface area contributed by atoms with Crippen molar-refractivity contribution in [3.63, 3.8) is 0 Å². The Hall–Kier alpha value is -1.20. The number of aryl methyl sites for hydroxylation is 2. The third-order valence-electron chi connectivity index (χ3n) is 2.50. The average Bonchev–Trinajstić information content (AvgIpc) is 2.78. The zero-order valence-electron chi connectivity index (χ0n) is 9.71. The van der Waals surface area contributed by atoms with Gasteiger partial charge in [0.2, 0.25) is 0 Å². The molecular weight excluding hydrogens is 220 g/mol. The zero-order chi connectivity index (χ0) is 11.7. The third kappa shape index (κ3) is 2.01. The van der Waals surface area contributed by atoms with Gasteiger partial charge < -0.3 is 5.73 Å². The lowest BCUT2D eigenvalue weighted by Crippen LogP contribution is -2.31. The van der Waals surface area contributed by atoms with Gasteiger partial charge in [-0.1, -0.05) is 6.07 Å². The van der Waals surface area contributed by atoms with Gasteiger partial charge in [-0.15, -0.1) is 11.3 Å². The second-order valence-corrected chi connectivity index (χ2v) is 4.95. The fourth-order valence-electron chi connectivity index (χ4n) is 1.86. The minimum atomic E-state index is 0.0125. The molecule has 2 rings (SSSR count). The van der Waals surface area contributed by atoms with E-state index in [9.17, 15) is 0 Å². The molecule has 0 aliphatic heterocycles. The zero-order valence-corrected chi connectivity index (χ0v) is 10.5. The van der Waals surface area contributed by atoms with Gasteiger partial charge in [0.1, 0.15) is 17.7 Å². The smallest absolute Gasteiger partial charge is 0.147 e. The van der Waals surface area contributed by atoms with Crippen LogP contribution in [0.1, 0.15) is 29.5 Å². The summed E-state index contributed by atoms with van der Waals surface area (Å²) in [6.07, 6.45) is 0. The Labute approximate surface area is 99.1 Å². The van der Waals surface area contributed by atoms with Crippen molar-refractivity contribution in [1.82, 2.24) is 14.8 Å². The molecule has 2 aromatic rings. The van der Waals surface area contributed by atoms with Gasteiger partial charge in [-0.05, 0) is 32.2 Å². The Morgan fingerprint density at radius 2 is 2.19 bits per heavy atom. The average molecular weight is 236 g/mol. The summed E-state index contributed by atoms with van der Waals surface area (Å²) in [7, 11) is 0. The van der Waals surface area contributed by atoms with E-state index >= 15 is 0 Å². The summed E-state index contributed by atoms with van der Waals surface area (Å²) in [6, 6.07) is 4.23. The van der Waals surface area contributed by atoms with Crippen LogP contribution in [0.15, 0.2) is 17.5 Å². The standard InChI is InChI=1S/C11H16N4S/c1-7(12)11(10-5-4-6-16-10)15-9(3)13-8(2)14-15/h4-7,11H,12H2,1-3H3. The second kappa shape index (κ2) is 4.35. The van der Waals surface area contributed by atoms with Crippen LogP contribution in [0, 0.1) is 13.8 Å².